The highest BCUT2D eigenvalue weighted by molar-refractivity contribution is 7.91. The van der Waals surface area contributed by atoms with Crippen LogP contribution in [0.25, 0.3) is 11.0 Å². The largest absolute Gasteiger partial charge is 0.507 e. The fourth-order valence-corrected chi connectivity index (χ4v) is 4.84. The molecule has 0 amide bonds. The maximum atomic E-state index is 12.8. The van der Waals surface area contributed by atoms with Gasteiger partial charge in [0.25, 0.3) is 0 Å². The van der Waals surface area contributed by atoms with Crippen molar-refractivity contribution in [3.8, 4) is 5.75 Å². The third kappa shape index (κ3) is 3.57. The van der Waals surface area contributed by atoms with E-state index in [-0.39, 0.29) is 17.2 Å². The Kier molecular flexibility index (Phi) is 4.55. The van der Waals surface area contributed by atoms with Gasteiger partial charge < -0.3 is 9.52 Å². The Hall–Kier alpha value is -3.59. The van der Waals surface area contributed by atoms with E-state index in [0.717, 1.165) is 22.5 Å². The van der Waals surface area contributed by atoms with E-state index in [9.17, 15) is 18.3 Å². The van der Waals surface area contributed by atoms with Crippen LogP contribution in [-0.2, 0) is 10.2 Å². The first kappa shape index (κ1) is 19.4. The highest BCUT2D eigenvalue weighted by atomic mass is 32.2. The summed E-state index contributed by atoms with van der Waals surface area (Å²) in [5, 5.41) is 15.2. The zero-order valence-electron chi connectivity index (χ0n) is 16.3. The Morgan fingerprint density at radius 1 is 1.13 bits per heavy atom. The molecule has 0 saturated heterocycles. The number of aromatic hydroxyl groups is 1. The molecular weight excluding hydrogens is 418 g/mol. The van der Waals surface area contributed by atoms with Gasteiger partial charge in [0.05, 0.1) is 22.8 Å². The molecular formula is C22H19N3O5S. The minimum Gasteiger partial charge on any atom is -0.507 e. The van der Waals surface area contributed by atoms with Gasteiger partial charge in [0.2, 0.25) is 0 Å². The molecule has 2 N–H and O–H groups in total. The summed E-state index contributed by atoms with van der Waals surface area (Å²) in [6, 6.07) is 15.2. The number of hydrogen-bond acceptors (Lipinski definition) is 6. The molecule has 1 unspecified atom stereocenters. The third-order valence-corrected chi connectivity index (χ3v) is 6.65. The SMILES string of the molecule is O=c1oc2ccccc2c(O)c1C(c1cccc(NS(=O)(=O)n2cccn2)c1)C1CC1. The normalized spacial score (nSPS) is 15.1. The van der Waals surface area contributed by atoms with Crippen LogP contribution in [0.15, 0.2) is 76.2 Å². The molecule has 1 saturated carbocycles. The van der Waals surface area contributed by atoms with Crippen LogP contribution in [0.4, 0.5) is 5.69 Å². The van der Waals surface area contributed by atoms with E-state index in [2.05, 4.69) is 9.82 Å². The summed E-state index contributed by atoms with van der Waals surface area (Å²) in [6.07, 6.45) is 4.51. The second-order valence-electron chi connectivity index (χ2n) is 7.57. The summed E-state index contributed by atoms with van der Waals surface area (Å²) < 4.78 is 33.8. The van der Waals surface area contributed by atoms with Crippen molar-refractivity contribution >= 4 is 26.9 Å². The van der Waals surface area contributed by atoms with E-state index in [1.807, 2.05) is 6.07 Å². The Morgan fingerprint density at radius 3 is 2.68 bits per heavy atom. The number of rotatable bonds is 6. The Balaban J connectivity index is 1.58. The van der Waals surface area contributed by atoms with Crippen molar-refractivity contribution in [3.05, 3.63) is 88.5 Å². The van der Waals surface area contributed by atoms with Crippen LogP contribution in [0.5, 0.6) is 5.75 Å². The summed E-state index contributed by atoms with van der Waals surface area (Å²) in [6.45, 7) is 0. The van der Waals surface area contributed by atoms with Crippen molar-refractivity contribution in [1.29, 1.82) is 0 Å². The van der Waals surface area contributed by atoms with Gasteiger partial charge in [-0.15, -0.1) is 4.09 Å². The van der Waals surface area contributed by atoms with Gasteiger partial charge in [0.1, 0.15) is 11.3 Å². The lowest BCUT2D eigenvalue weighted by molar-refractivity contribution is 0.446. The van der Waals surface area contributed by atoms with Crippen molar-refractivity contribution in [2.45, 2.75) is 18.8 Å². The zero-order chi connectivity index (χ0) is 21.6. The average molecular weight is 437 g/mol. The molecule has 2 aromatic carbocycles. The highest BCUT2D eigenvalue weighted by Crippen LogP contribution is 2.48. The van der Waals surface area contributed by atoms with Gasteiger partial charge in [-0.3, -0.25) is 4.72 Å². The van der Waals surface area contributed by atoms with Crippen molar-refractivity contribution in [3.63, 3.8) is 0 Å². The standard InChI is InChI=1S/C22H19N3O5S/c26-21-17-7-1-2-8-18(17)30-22(27)20(21)19(14-9-10-14)15-5-3-6-16(13-15)24-31(28,29)25-12-4-11-23-25/h1-8,11-14,19,24,26H,9-10H2. The summed E-state index contributed by atoms with van der Waals surface area (Å²) in [7, 11) is -3.90. The first-order valence-corrected chi connectivity index (χ1v) is 11.3. The fourth-order valence-electron chi connectivity index (χ4n) is 3.91. The lowest BCUT2D eigenvalue weighted by Crippen LogP contribution is -2.22. The van der Waals surface area contributed by atoms with Gasteiger partial charge in [-0.25, -0.2) is 4.79 Å². The molecule has 8 nitrogen and oxygen atoms in total. The fraction of sp³-hybridized carbons (Fsp3) is 0.182. The molecule has 5 rings (SSSR count). The number of anilines is 1. The van der Waals surface area contributed by atoms with Crippen molar-refractivity contribution in [2.75, 3.05) is 4.72 Å². The predicted molar refractivity (Wildman–Crippen MR) is 115 cm³/mol. The highest BCUT2D eigenvalue weighted by Gasteiger charge is 2.38. The molecule has 2 heterocycles. The van der Waals surface area contributed by atoms with Crippen molar-refractivity contribution in [2.24, 2.45) is 5.92 Å². The van der Waals surface area contributed by atoms with E-state index in [4.69, 9.17) is 4.42 Å². The number of benzene rings is 2. The van der Waals surface area contributed by atoms with Crippen LogP contribution in [0, 0.1) is 5.92 Å². The van der Waals surface area contributed by atoms with Crippen LogP contribution in [0.3, 0.4) is 0 Å². The van der Waals surface area contributed by atoms with Crippen LogP contribution >= 0.6 is 0 Å². The van der Waals surface area contributed by atoms with Gasteiger partial charge in [-0.1, -0.05) is 24.3 Å². The molecule has 1 atom stereocenters. The van der Waals surface area contributed by atoms with Gasteiger partial charge in [-0.05, 0) is 54.7 Å². The average Bonchev–Trinajstić information content (AvgIpc) is 3.41. The van der Waals surface area contributed by atoms with Crippen molar-refractivity contribution in [1.82, 2.24) is 9.19 Å². The molecule has 0 aliphatic heterocycles. The Bertz CT molecular complexity index is 1420. The number of para-hydroxylation sites is 1. The molecule has 0 bridgehead atoms. The molecule has 2 aromatic heterocycles. The van der Waals surface area contributed by atoms with Gasteiger partial charge >= 0.3 is 15.8 Å². The molecule has 1 aliphatic carbocycles. The molecule has 0 spiro atoms. The summed E-state index contributed by atoms with van der Waals surface area (Å²) >= 11 is 0. The Morgan fingerprint density at radius 2 is 1.94 bits per heavy atom. The van der Waals surface area contributed by atoms with E-state index in [1.165, 1.54) is 18.5 Å². The predicted octanol–water partition coefficient (Wildman–Crippen LogP) is 3.44. The number of aromatic nitrogens is 2. The monoisotopic (exact) mass is 437 g/mol. The lowest BCUT2D eigenvalue weighted by atomic mass is 9.86. The first-order valence-electron chi connectivity index (χ1n) is 9.81. The minimum absolute atomic E-state index is 0.0914. The summed E-state index contributed by atoms with van der Waals surface area (Å²) in [5.41, 5.74) is 0.998. The minimum atomic E-state index is -3.90. The molecule has 158 valence electrons. The van der Waals surface area contributed by atoms with Crippen LogP contribution in [0.2, 0.25) is 0 Å². The topological polar surface area (TPSA) is 114 Å². The number of nitrogens with one attached hydrogen (secondary N) is 1. The van der Waals surface area contributed by atoms with Crippen molar-refractivity contribution < 1.29 is 17.9 Å². The second kappa shape index (κ2) is 7.28. The Labute approximate surface area is 177 Å². The lowest BCUT2D eigenvalue weighted by Gasteiger charge is -2.19. The quantitative estimate of drug-likeness (QED) is 0.447. The number of hydrogen-bond donors (Lipinski definition) is 2. The van der Waals surface area contributed by atoms with E-state index >= 15 is 0 Å². The summed E-state index contributed by atoms with van der Waals surface area (Å²) in [5.74, 6) is -0.339. The van der Waals surface area contributed by atoms with Gasteiger partial charge in [-0.2, -0.15) is 13.5 Å². The summed E-state index contributed by atoms with van der Waals surface area (Å²) in [4.78, 5) is 12.8. The number of nitrogens with zero attached hydrogens (tertiary/aromatic N) is 2. The molecule has 4 aromatic rings. The second-order valence-corrected chi connectivity index (χ2v) is 9.10. The van der Waals surface area contributed by atoms with E-state index < -0.39 is 21.8 Å². The molecule has 0 radical (unpaired) electrons. The van der Waals surface area contributed by atoms with Crippen LogP contribution in [0.1, 0.15) is 29.9 Å². The zero-order valence-corrected chi connectivity index (χ0v) is 17.1. The third-order valence-electron chi connectivity index (χ3n) is 5.44. The first-order chi connectivity index (χ1) is 14.9. The van der Waals surface area contributed by atoms with Gasteiger partial charge in [0.15, 0.2) is 0 Å². The van der Waals surface area contributed by atoms with Crippen LogP contribution in [-0.4, -0.2) is 22.7 Å². The maximum absolute atomic E-state index is 12.8. The van der Waals surface area contributed by atoms with Crippen LogP contribution < -0.4 is 10.3 Å². The number of fused-ring (bicyclic) bond motifs is 1. The molecule has 1 fully saturated rings. The van der Waals surface area contributed by atoms with Gasteiger partial charge in [0, 0.05) is 12.1 Å². The van der Waals surface area contributed by atoms with E-state index in [0.29, 0.717) is 16.7 Å². The smallest absolute Gasteiger partial charge is 0.343 e. The molecule has 31 heavy (non-hydrogen) atoms. The van der Waals surface area contributed by atoms with E-state index in [1.54, 1.807) is 42.5 Å². The molecule has 1 aliphatic rings. The maximum Gasteiger partial charge on any atom is 0.343 e. The molecule has 9 heteroatoms.